The van der Waals surface area contributed by atoms with Crippen LogP contribution in [0.5, 0.6) is 0 Å². The predicted molar refractivity (Wildman–Crippen MR) is 53.8 cm³/mol. The van der Waals surface area contributed by atoms with Crippen LogP contribution in [0.3, 0.4) is 0 Å². The lowest BCUT2D eigenvalue weighted by Crippen LogP contribution is -2.23. The van der Waals surface area contributed by atoms with Crippen molar-refractivity contribution in [3.8, 4) is 0 Å². The van der Waals surface area contributed by atoms with Crippen molar-refractivity contribution >= 4 is 21.8 Å². The molecule has 0 heterocycles. The smallest absolute Gasteiger partial charge is 0.208 e. The zero-order valence-corrected chi connectivity index (χ0v) is 8.88. The molecule has 74 valence electrons. The Balaban J connectivity index is 3.12. The van der Waals surface area contributed by atoms with E-state index in [4.69, 9.17) is 5.73 Å². The molecule has 0 saturated heterocycles. The Hall–Kier alpha value is 0.220. The van der Waals surface area contributed by atoms with Crippen molar-refractivity contribution in [2.45, 2.75) is 6.42 Å². The highest BCUT2D eigenvalue weighted by molar-refractivity contribution is 7.99. The van der Waals surface area contributed by atoms with Gasteiger partial charge in [0, 0.05) is 18.8 Å². The van der Waals surface area contributed by atoms with E-state index >= 15 is 0 Å². The summed E-state index contributed by atoms with van der Waals surface area (Å²) in [6.07, 6.45) is 2.03. The van der Waals surface area contributed by atoms with Crippen LogP contribution in [0.15, 0.2) is 0 Å². The van der Waals surface area contributed by atoms with E-state index in [1.54, 1.807) is 11.8 Å². The first-order valence-corrected chi connectivity index (χ1v) is 6.83. The summed E-state index contributed by atoms with van der Waals surface area (Å²) in [6.45, 7) is 1.21. The van der Waals surface area contributed by atoms with Crippen molar-refractivity contribution in [3.05, 3.63) is 0 Å². The Labute approximate surface area is 78.3 Å². The predicted octanol–water partition coefficient (Wildman–Crippen LogP) is -0.382. The maximum atomic E-state index is 10.6. The van der Waals surface area contributed by atoms with Crippen LogP contribution in [0.2, 0.25) is 0 Å². The van der Waals surface area contributed by atoms with Gasteiger partial charge < -0.3 is 5.73 Å². The molecule has 3 N–H and O–H groups in total. The fourth-order valence-corrected chi connectivity index (χ4v) is 1.85. The van der Waals surface area contributed by atoms with Gasteiger partial charge in [-0.15, -0.1) is 0 Å². The molecule has 0 unspecified atom stereocenters. The van der Waals surface area contributed by atoms with Gasteiger partial charge in [-0.3, -0.25) is 0 Å². The zero-order valence-electron chi connectivity index (χ0n) is 7.25. The van der Waals surface area contributed by atoms with E-state index in [9.17, 15) is 8.42 Å². The number of nitrogens with two attached hydrogens (primary N) is 1. The quantitative estimate of drug-likeness (QED) is 0.564. The number of rotatable bonds is 7. The molecule has 0 atom stereocenters. The molecule has 0 radical (unpaired) electrons. The van der Waals surface area contributed by atoms with Gasteiger partial charge in [0.15, 0.2) is 0 Å². The molecule has 0 aliphatic carbocycles. The highest BCUT2D eigenvalue weighted by atomic mass is 32.2. The van der Waals surface area contributed by atoms with Gasteiger partial charge in [0.25, 0.3) is 0 Å². The third kappa shape index (κ3) is 10.2. The maximum Gasteiger partial charge on any atom is 0.208 e. The van der Waals surface area contributed by atoms with E-state index in [2.05, 4.69) is 4.72 Å². The molecule has 0 aromatic rings. The lowest BCUT2D eigenvalue weighted by Gasteiger charge is -2.01. The lowest BCUT2D eigenvalue weighted by molar-refractivity contribution is 0.587. The van der Waals surface area contributed by atoms with Gasteiger partial charge in [-0.05, 0) is 12.2 Å². The van der Waals surface area contributed by atoms with Crippen molar-refractivity contribution in [1.29, 1.82) is 0 Å². The minimum absolute atomic E-state index is 0.524. The largest absolute Gasteiger partial charge is 0.330 e. The molecular formula is C6H16N2O2S2. The summed E-state index contributed by atoms with van der Waals surface area (Å²) in [4.78, 5) is 0. The van der Waals surface area contributed by atoms with Crippen LogP contribution < -0.4 is 10.5 Å². The second-order valence-corrected chi connectivity index (χ2v) is 5.48. The molecule has 12 heavy (non-hydrogen) atoms. The van der Waals surface area contributed by atoms with Gasteiger partial charge in [0.1, 0.15) is 0 Å². The fourth-order valence-electron chi connectivity index (χ4n) is 0.617. The topological polar surface area (TPSA) is 72.2 Å². The molecule has 0 amide bonds. The first-order chi connectivity index (χ1) is 5.56. The molecule has 4 nitrogen and oxygen atoms in total. The zero-order chi connectivity index (χ0) is 9.45. The Bertz CT molecular complexity index is 192. The Kier molecular flexibility index (Phi) is 6.83. The molecule has 0 aromatic carbocycles. The van der Waals surface area contributed by atoms with E-state index < -0.39 is 10.0 Å². The first kappa shape index (κ1) is 12.2. The highest BCUT2D eigenvalue weighted by Gasteiger charge is 1.97. The molecule has 6 heteroatoms. The van der Waals surface area contributed by atoms with E-state index in [1.165, 1.54) is 6.26 Å². The average Bonchev–Trinajstić information content (AvgIpc) is 1.94. The second kappa shape index (κ2) is 6.71. The molecular weight excluding hydrogens is 196 g/mol. The number of thioether (sulfide) groups is 1. The number of nitrogens with one attached hydrogen (secondary N) is 1. The summed E-state index contributed by atoms with van der Waals surface area (Å²) >= 11 is 1.74. The van der Waals surface area contributed by atoms with Gasteiger partial charge in [-0.2, -0.15) is 11.8 Å². The van der Waals surface area contributed by atoms with Crippen molar-refractivity contribution < 1.29 is 8.42 Å². The van der Waals surface area contributed by atoms with Crippen LogP contribution in [0.1, 0.15) is 6.42 Å². The Morgan fingerprint density at radius 2 is 2.08 bits per heavy atom. The number of hydrogen-bond donors (Lipinski definition) is 2. The molecule has 0 fully saturated rings. The van der Waals surface area contributed by atoms with Crippen molar-refractivity contribution in [2.75, 3.05) is 30.9 Å². The van der Waals surface area contributed by atoms with E-state index in [0.717, 1.165) is 17.9 Å². The molecule has 0 spiro atoms. The summed E-state index contributed by atoms with van der Waals surface area (Å²) in [5.41, 5.74) is 5.28. The Morgan fingerprint density at radius 1 is 1.42 bits per heavy atom. The molecule has 0 bridgehead atoms. The molecule has 0 aliphatic heterocycles. The lowest BCUT2D eigenvalue weighted by atomic mass is 10.5. The minimum atomic E-state index is -3.00. The van der Waals surface area contributed by atoms with Crippen LogP contribution in [-0.2, 0) is 10.0 Å². The SMILES string of the molecule is CS(=O)(=O)NCCCSCCN. The summed E-state index contributed by atoms with van der Waals surface area (Å²) < 4.78 is 23.6. The molecule has 0 aromatic heterocycles. The van der Waals surface area contributed by atoms with Gasteiger partial charge in [0.05, 0.1) is 6.26 Å². The molecule has 0 rings (SSSR count). The minimum Gasteiger partial charge on any atom is -0.330 e. The van der Waals surface area contributed by atoms with Gasteiger partial charge in [-0.25, -0.2) is 13.1 Å². The van der Waals surface area contributed by atoms with E-state index in [0.29, 0.717) is 13.1 Å². The summed E-state index contributed by atoms with van der Waals surface area (Å²) in [6, 6.07) is 0. The first-order valence-electron chi connectivity index (χ1n) is 3.78. The second-order valence-electron chi connectivity index (χ2n) is 2.42. The van der Waals surface area contributed by atoms with E-state index in [-0.39, 0.29) is 0 Å². The molecule has 0 aliphatic rings. The molecule has 0 saturated carbocycles. The van der Waals surface area contributed by atoms with Crippen LogP contribution in [0.25, 0.3) is 0 Å². The van der Waals surface area contributed by atoms with Crippen LogP contribution in [0.4, 0.5) is 0 Å². The maximum absolute atomic E-state index is 10.6. The monoisotopic (exact) mass is 212 g/mol. The number of sulfonamides is 1. The summed E-state index contributed by atoms with van der Waals surface area (Å²) in [5, 5.41) is 0. The fraction of sp³-hybridized carbons (Fsp3) is 1.00. The van der Waals surface area contributed by atoms with E-state index in [1.807, 2.05) is 0 Å². The van der Waals surface area contributed by atoms with Gasteiger partial charge >= 0.3 is 0 Å². The van der Waals surface area contributed by atoms with Crippen LogP contribution in [-0.4, -0.2) is 39.3 Å². The van der Waals surface area contributed by atoms with Crippen molar-refractivity contribution in [3.63, 3.8) is 0 Å². The van der Waals surface area contributed by atoms with Gasteiger partial charge in [-0.1, -0.05) is 0 Å². The number of hydrogen-bond acceptors (Lipinski definition) is 4. The van der Waals surface area contributed by atoms with Crippen LogP contribution in [0, 0.1) is 0 Å². The average molecular weight is 212 g/mol. The standard InChI is InChI=1S/C6H16N2O2S2/c1-12(9,10)8-4-2-5-11-6-3-7/h8H,2-7H2,1H3. The Morgan fingerprint density at radius 3 is 2.58 bits per heavy atom. The van der Waals surface area contributed by atoms with Crippen LogP contribution >= 0.6 is 11.8 Å². The van der Waals surface area contributed by atoms with Gasteiger partial charge in [0.2, 0.25) is 10.0 Å². The normalized spacial score (nSPS) is 11.8. The van der Waals surface area contributed by atoms with Crippen molar-refractivity contribution in [2.24, 2.45) is 5.73 Å². The summed E-state index contributed by atoms with van der Waals surface area (Å²) in [7, 11) is -3.00. The third-order valence-corrected chi connectivity index (χ3v) is 2.92. The highest BCUT2D eigenvalue weighted by Crippen LogP contribution is 1.99. The third-order valence-electron chi connectivity index (χ3n) is 1.09. The summed E-state index contributed by atoms with van der Waals surface area (Å²) in [5.74, 6) is 1.90. The van der Waals surface area contributed by atoms with Crippen molar-refractivity contribution in [1.82, 2.24) is 4.72 Å².